The summed E-state index contributed by atoms with van der Waals surface area (Å²) in [6, 6.07) is 6.30. The number of amides is 2. The minimum absolute atomic E-state index is 0.134. The van der Waals surface area contributed by atoms with E-state index in [1.165, 1.54) is 12.1 Å². The molecule has 5 heteroatoms. The van der Waals surface area contributed by atoms with Gasteiger partial charge in [0, 0.05) is 0 Å². The maximum Gasteiger partial charge on any atom is 0.416 e. The standard InChI is InChI=1S/C11H11NO4/c13-9-3-1-8(2-4-9)7-10(14)12-5-6-16-11(12)15/h1-4,13H,5-7H2. The molecule has 1 aromatic carbocycles. The van der Waals surface area contributed by atoms with E-state index in [0.29, 0.717) is 6.54 Å². The van der Waals surface area contributed by atoms with Crippen LogP contribution in [0.1, 0.15) is 5.56 Å². The average molecular weight is 221 g/mol. The van der Waals surface area contributed by atoms with E-state index in [9.17, 15) is 9.59 Å². The van der Waals surface area contributed by atoms with Crippen molar-refractivity contribution in [3.63, 3.8) is 0 Å². The lowest BCUT2D eigenvalue weighted by Crippen LogP contribution is -2.32. The van der Waals surface area contributed by atoms with Gasteiger partial charge in [0.1, 0.15) is 12.4 Å². The van der Waals surface area contributed by atoms with Crippen LogP contribution in [0.4, 0.5) is 4.79 Å². The van der Waals surface area contributed by atoms with Crippen LogP contribution in [0, 0.1) is 0 Å². The third-order valence-electron chi connectivity index (χ3n) is 2.35. The van der Waals surface area contributed by atoms with E-state index in [2.05, 4.69) is 4.74 Å². The van der Waals surface area contributed by atoms with E-state index >= 15 is 0 Å². The molecule has 0 saturated carbocycles. The van der Waals surface area contributed by atoms with Crippen LogP contribution in [0.25, 0.3) is 0 Å². The van der Waals surface area contributed by atoms with Crippen LogP contribution in [0.15, 0.2) is 24.3 Å². The maximum absolute atomic E-state index is 11.7. The van der Waals surface area contributed by atoms with Gasteiger partial charge in [0.2, 0.25) is 5.91 Å². The lowest BCUT2D eigenvalue weighted by atomic mass is 10.1. The van der Waals surface area contributed by atoms with Crippen molar-refractivity contribution in [2.75, 3.05) is 13.2 Å². The van der Waals surface area contributed by atoms with Gasteiger partial charge in [-0.1, -0.05) is 12.1 Å². The Morgan fingerprint density at radius 3 is 2.62 bits per heavy atom. The molecule has 84 valence electrons. The number of benzene rings is 1. The second kappa shape index (κ2) is 4.22. The van der Waals surface area contributed by atoms with Crippen LogP contribution in [-0.4, -0.2) is 35.2 Å². The molecule has 1 aliphatic rings. The Labute approximate surface area is 92.2 Å². The summed E-state index contributed by atoms with van der Waals surface area (Å²) in [6.45, 7) is 0.579. The van der Waals surface area contributed by atoms with Crippen molar-refractivity contribution in [2.24, 2.45) is 0 Å². The zero-order chi connectivity index (χ0) is 11.5. The topological polar surface area (TPSA) is 66.8 Å². The molecule has 1 saturated heterocycles. The van der Waals surface area contributed by atoms with E-state index in [0.717, 1.165) is 10.5 Å². The van der Waals surface area contributed by atoms with E-state index in [-0.39, 0.29) is 24.7 Å². The Morgan fingerprint density at radius 1 is 1.38 bits per heavy atom. The lowest BCUT2D eigenvalue weighted by molar-refractivity contribution is -0.127. The number of nitrogens with zero attached hydrogens (tertiary/aromatic N) is 1. The fourth-order valence-corrected chi connectivity index (χ4v) is 1.50. The maximum atomic E-state index is 11.7. The number of hydrogen-bond donors (Lipinski definition) is 1. The number of cyclic esters (lactones) is 1. The summed E-state index contributed by atoms with van der Waals surface area (Å²) in [7, 11) is 0. The van der Waals surface area contributed by atoms with Crippen molar-refractivity contribution in [1.82, 2.24) is 4.90 Å². The molecule has 0 aromatic heterocycles. The molecular weight excluding hydrogens is 210 g/mol. The van der Waals surface area contributed by atoms with Gasteiger partial charge in [0.25, 0.3) is 0 Å². The van der Waals surface area contributed by atoms with Crippen molar-refractivity contribution in [3.8, 4) is 5.75 Å². The first-order valence-corrected chi connectivity index (χ1v) is 4.92. The number of ether oxygens (including phenoxy) is 1. The highest BCUT2D eigenvalue weighted by molar-refractivity contribution is 5.93. The number of carbonyl (C=O) groups is 2. The Bertz CT molecular complexity index is 412. The van der Waals surface area contributed by atoms with E-state index in [4.69, 9.17) is 5.11 Å². The molecule has 0 spiro atoms. The van der Waals surface area contributed by atoms with Crippen molar-refractivity contribution < 1.29 is 19.4 Å². The minimum Gasteiger partial charge on any atom is -0.508 e. The van der Waals surface area contributed by atoms with Crippen LogP contribution in [-0.2, 0) is 16.0 Å². The Balaban J connectivity index is 2.02. The Morgan fingerprint density at radius 2 is 2.06 bits per heavy atom. The number of phenolic OH excluding ortho intramolecular Hbond substituents is 1. The van der Waals surface area contributed by atoms with E-state index in [1.54, 1.807) is 12.1 Å². The van der Waals surface area contributed by atoms with Gasteiger partial charge in [-0.15, -0.1) is 0 Å². The first-order valence-electron chi connectivity index (χ1n) is 4.92. The quantitative estimate of drug-likeness (QED) is 0.806. The SMILES string of the molecule is O=C(Cc1ccc(O)cc1)N1CCOC1=O. The van der Waals surface area contributed by atoms with Crippen LogP contribution in [0.5, 0.6) is 5.75 Å². The molecule has 1 heterocycles. The molecule has 0 bridgehead atoms. The minimum atomic E-state index is -0.580. The molecule has 5 nitrogen and oxygen atoms in total. The number of carbonyl (C=O) groups excluding carboxylic acids is 2. The normalized spacial score (nSPS) is 15.0. The van der Waals surface area contributed by atoms with Crippen LogP contribution in [0.3, 0.4) is 0 Å². The Hall–Kier alpha value is -2.04. The molecular formula is C11H11NO4. The van der Waals surface area contributed by atoms with E-state index < -0.39 is 6.09 Å². The van der Waals surface area contributed by atoms with Crippen LogP contribution in [0.2, 0.25) is 0 Å². The van der Waals surface area contributed by atoms with Crippen molar-refractivity contribution in [1.29, 1.82) is 0 Å². The number of hydrogen-bond acceptors (Lipinski definition) is 4. The first kappa shape index (κ1) is 10.5. The van der Waals surface area contributed by atoms with Gasteiger partial charge in [-0.25, -0.2) is 9.69 Å². The molecule has 2 amide bonds. The van der Waals surface area contributed by atoms with Crippen LogP contribution < -0.4 is 0 Å². The molecule has 16 heavy (non-hydrogen) atoms. The molecule has 0 radical (unpaired) electrons. The summed E-state index contributed by atoms with van der Waals surface area (Å²) in [4.78, 5) is 23.9. The molecule has 0 atom stereocenters. The molecule has 2 rings (SSSR count). The summed E-state index contributed by atoms with van der Waals surface area (Å²) >= 11 is 0. The number of phenols is 1. The number of rotatable bonds is 2. The van der Waals surface area contributed by atoms with Crippen molar-refractivity contribution in [3.05, 3.63) is 29.8 Å². The van der Waals surface area contributed by atoms with E-state index in [1.807, 2.05) is 0 Å². The van der Waals surface area contributed by atoms with Gasteiger partial charge in [-0.2, -0.15) is 0 Å². The van der Waals surface area contributed by atoms with Gasteiger partial charge in [-0.3, -0.25) is 4.79 Å². The largest absolute Gasteiger partial charge is 0.508 e. The number of imide groups is 1. The average Bonchev–Trinajstić information content (AvgIpc) is 2.68. The summed E-state index contributed by atoms with van der Waals surface area (Å²) in [5, 5.41) is 9.07. The zero-order valence-corrected chi connectivity index (χ0v) is 8.55. The highest BCUT2D eigenvalue weighted by Gasteiger charge is 2.27. The third-order valence-corrected chi connectivity index (χ3v) is 2.35. The fraction of sp³-hybridized carbons (Fsp3) is 0.273. The summed E-state index contributed by atoms with van der Waals surface area (Å²) in [5.74, 6) is -0.134. The summed E-state index contributed by atoms with van der Waals surface area (Å²) in [6.07, 6.45) is -0.446. The first-order chi connectivity index (χ1) is 7.66. The summed E-state index contributed by atoms with van der Waals surface area (Å²) < 4.78 is 4.67. The number of aromatic hydroxyl groups is 1. The fourth-order valence-electron chi connectivity index (χ4n) is 1.50. The van der Waals surface area contributed by atoms with Gasteiger partial charge in [-0.05, 0) is 17.7 Å². The van der Waals surface area contributed by atoms with Gasteiger partial charge in [0.05, 0.1) is 13.0 Å². The summed E-state index contributed by atoms with van der Waals surface area (Å²) in [5.41, 5.74) is 0.752. The monoisotopic (exact) mass is 221 g/mol. The molecule has 1 N–H and O–H groups in total. The highest BCUT2D eigenvalue weighted by atomic mass is 16.6. The molecule has 0 unspecified atom stereocenters. The molecule has 0 aliphatic carbocycles. The zero-order valence-electron chi connectivity index (χ0n) is 8.55. The third kappa shape index (κ3) is 2.13. The predicted molar refractivity (Wildman–Crippen MR) is 54.9 cm³/mol. The Kier molecular flexibility index (Phi) is 2.76. The predicted octanol–water partition coefficient (Wildman–Crippen LogP) is 0.913. The highest BCUT2D eigenvalue weighted by Crippen LogP contribution is 2.12. The van der Waals surface area contributed by atoms with Crippen molar-refractivity contribution >= 4 is 12.0 Å². The second-order valence-corrected chi connectivity index (χ2v) is 3.50. The van der Waals surface area contributed by atoms with Crippen LogP contribution >= 0.6 is 0 Å². The van der Waals surface area contributed by atoms with Crippen molar-refractivity contribution in [2.45, 2.75) is 6.42 Å². The smallest absolute Gasteiger partial charge is 0.416 e. The van der Waals surface area contributed by atoms with Gasteiger partial charge >= 0.3 is 6.09 Å². The van der Waals surface area contributed by atoms with Gasteiger partial charge < -0.3 is 9.84 Å². The second-order valence-electron chi connectivity index (χ2n) is 3.50. The molecule has 1 fully saturated rings. The lowest BCUT2D eigenvalue weighted by Gasteiger charge is -2.10. The molecule has 1 aromatic rings. The van der Waals surface area contributed by atoms with Gasteiger partial charge in [0.15, 0.2) is 0 Å². The molecule has 1 aliphatic heterocycles.